The zero-order chi connectivity index (χ0) is 20.4. The third-order valence-corrected chi connectivity index (χ3v) is 5.16. The van der Waals surface area contributed by atoms with Gasteiger partial charge in [-0.2, -0.15) is 5.10 Å². The largest absolute Gasteiger partial charge is 0.462 e. The average molecular weight is 404 g/mol. The van der Waals surface area contributed by atoms with Gasteiger partial charge in [0.05, 0.1) is 19.5 Å². The number of para-hydroxylation sites is 2. The topological polar surface area (TPSA) is 73.4 Å². The molecule has 0 N–H and O–H groups in total. The number of fused-ring (bicyclic) bond motifs is 1. The molecule has 0 unspecified atom stereocenters. The fourth-order valence-corrected chi connectivity index (χ4v) is 3.68. The predicted octanol–water partition coefficient (Wildman–Crippen LogP) is 3.98. The van der Waals surface area contributed by atoms with Gasteiger partial charge >= 0.3 is 5.97 Å². The molecule has 0 radical (unpaired) electrons. The third kappa shape index (κ3) is 4.00. The van der Waals surface area contributed by atoms with Crippen LogP contribution in [0.2, 0.25) is 0 Å². The van der Waals surface area contributed by atoms with E-state index in [-0.39, 0.29) is 24.8 Å². The summed E-state index contributed by atoms with van der Waals surface area (Å²) in [5, 5.41) is 4.00. The number of esters is 1. The number of oxazole rings is 1. The molecule has 9 heteroatoms. The lowest BCUT2D eigenvalue weighted by molar-refractivity contribution is 0.0511. The van der Waals surface area contributed by atoms with Gasteiger partial charge in [-0.1, -0.05) is 12.1 Å². The van der Waals surface area contributed by atoms with Crippen molar-refractivity contribution in [3.05, 3.63) is 47.6 Å². The van der Waals surface area contributed by atoms with Gasteiger partial charge < -0.3 is 9.15 Å². The number of ether oxygens (including phenoxy) is 1. The van der Waals surface area contributed by atoms with Crippen LogP contribution in [-0.4, -0.2) is 45.3 Å². The Morgan fingerprint density at radius 2 is 2.07 bits per heavy atom. The van der Waals surface area contributed by atoms with E-state index < -0.39 is 18.1 Å². The minimum atomic E-state index is -2.81. The number of aromatic nitrogens is 3. The summed E-state index contributed by atoms with van der Waals surface area (Å²) in [6.07, 6.45) is -0.0369. The quantitative estimate of drug-likeness (QED) is 0.579. The van der Waals surface area contributed by atoms with Crippen molar-refractivity contribution in [3.8, 4) is 0 Å². The fourth-order valence-electron chi connectivity index (χ4n) is 3.68. The molecule has 1 saturated heterocycles. The molecule has 1 aliphatic heterocycles. The highest BCUT2D eigenvalue weighted by Crippen LogP contribution is 2.31. The molecular formula is C20H22F2N4O3. The number of halogens is 2. The van der Waals surface area contributed by atoms with E-state index in [4.69, 9.17) is 9.15 Å². The van der Waals surface area contributed by atoms with Crippen LogP contribution < -0.4 is 0 Å². The maximum Gasteiger partial charge on any atom is 0.341 e. The van der Waals surface area contributed by atoms with Crippen LogP contribution in [0.3, 0.4) is 0 Å². The van der Waals surface area contributed by atoms with Crippen molar-refractivity contribution in [1.29, 1.82) is 0 Å². The molecule has 1 aliphatic rings. The van der Waals surface area contributed by atoms with Crippen molar-refractivity contribution in [2.75, 3.05) is 19.7 Å². The van der Waals surface area contributed by atoms with Gasteiger partial charge in [-0.25, -0.2) is 23.2 Å². The number of likely N-dealkylation sites (tertiary alicyclic amines) is 1. The molecule has 1 fully saturated rings. The summed E-state index contributed by atoms with van der Waals surface area (Å²) in [6, 6.07) is 7.65. The van der Waals surface area contributed by atoms with Gasteiger partial charge in [0, 0.05) is 19.0 Å². The number of rotatable bonds is 6. The van der Waals surface area contributed by atoms with Gasteiger partial charge in [0.2, 0.25) is 0 Å². The van der Waals surface area contributed by atoms with Gasteiger partial charge in [-0.3, -0.25) is 4.90 Å². The van der Waals surface area contributed by atoms with Crippen molar-refractivity contribution in [2.24, 2.45) is 0 Å². The van der Waals surface area contributed by atoms with Gasteiger partial charge in [0.25, 0.3) is 6.43 Å². The minimum Gasteiger partial charge on any atom is -0.462 e. The van der Waals surface area contributed by atoms with Crippen LogP contribution in [0, 0.1) is 0 Å². The number of benzene rings is 1. The summed E-state index contributed by atoms with van der Waals surface area (Å²) in [5.41, 5.74) is 1.04. The molecule has 4 rings (SSSR count). The molecule has 3 aromatic rings. The second-order valence-electron chi connectivity index (χ2n) is 7.02. The zero-order valence-corrected chi connectivity index (χ0v) is 16.1. The average Bonchev–Trinajstić information content (AvgIpc) is 3.33. The van der Waals surface area contributed by atoms with E-state index >= 15 is 0 Å². The minimum absolute atomic E-state index is 0.121. The first-order valence-corrected chi connectivity index (χ1v) is 9.65. The molecule has 2 aromatic heterocycles. The molecule has 0 aliphatic carbocycles. The lowest BCUT2D eigenvalue weighted by atomic mass is 9.97. The van der Waals surface area contributed by atoms with Crippen LogP contribution >= 0.6 is 0 Å². The van der Waals surface area contributed by atoms with Crippen molar-refractivity contribution in [2.45, 2.75) is 38.8 Å². The van der Waals surface area contributed by atoms with Crippen molar-refractivity contribution < 1.29 is 22.7 Å². The zero-order valence-electron chi connectivity index (χ0n) is 16.1. The molecule has 154 valence electrons. The Morgan fingerprint density at radius 3 is 2.76 bits per heavy atom. The Morgan fingerprint density at radius 1 is 1.31 bits per heavy atom. The first kappa shape index (κ1) is 19.5. The number of carbonyl (C=O) groups is 1. The fraction of sp³-hybridized carbons (Fsp3) is 0.450. The van der Waals surface area contributed by atoms with Crippen LogP contribution in [0.25, 0.3) is 11.1 Å². The second-order valence-corrected chi connectivity index (χ2v) is 7.02. The van der Waals surface area contributed by atoms with E-state index in [1.165, 1.54) is 4.68 Å². The Labute approximate surface area is 166 Å². The van der Waals surface area contributed by atoms with Gasteiger partial charge in [0.1, 0.15) is 16.8 Å². The summed E-state index contributed by atoms with van der Waals surface area (Å²) in [5.74, 6) is 0.146. The highest BCUT2D eigenvalue weighted by molar-refractivity contribution is 5.90. The number of carbonyl (C=O) groups excluding carboxylic acids is 1. The molecule has 0 bridgehead atoms. The van der Waals surface area contributed by atoms with E-state index in [1.807, 2.05) is 29.2 Å². The molecule has 0 saturated carbocycles. The number of piperidine rings is 1. The molecule has 1 aromatic carbocycles. The molecular weight excluding hydrogens is 382 g/mol. The van der Waals surface area contributed by atoms with Crippen LogP contribution in [0.15, 0.2) is 34.9 Å². The van der Waals surface area contributed by atoms with Crippen LogP contribution in [0.5, 0.6) is 0 Å². The summed E-state index contributed by atoms with van der Waals surface area (Å²) in [6.45, 7) is 3.34. The summed E-state index contributed by atoms with van der Waals surface area (Å²) in [4.78, 5) is 18.5. The van der Waals surface area contributed by atoms with Crippen LogP contribution in [-0.2, 0) is 11.4 Å². The monoisotopic (exact) mass is 404 g/mol. The highest BCUT2D eigenvalue weighted by Gasteiger charge is 2.29. The number of hydrogen-bond acceptors (Lipinski definition) is 6. The predicted molar refractivity (Wildman–Crippen MR) is 101 cm³/mol. The maximum absolute atomic E-state index is 13.6. The first-order valence-electron chi connectivity index (χ1n) is 9.65. The Bertz CT molecular complexity index is 960. The van der Waals surface area contributed by atoms with Crippen molar-refractivity contribution in [3.63, 3.8) is 0 Å². The van der Waals surface area contributed by atoms with Crippen LogP contribution in [0.1, 0.15) is 54.1 Å². The molecule has 3 heterocycles. The van der Waals surface area contributed by atoms with Gasteiger partial charge in [0.15, 0.2) is 11.5 Å². The standard InChI is InChI=1S/C20H22F2N4O3/c1-2-28-20(27)14-11-23-26(17(14)18(21)22)12-25-9-7-13(8-10-25)19-24-15-5-3-4-6-16(15)29-19/h3-6,11,13,18H,2,7-10,12H2,1H3. The molecule has 7 nitrogen and oxygen atoms in total. The summed E-state index contributed by atoms with van der Waals surface area (Å²) < 4.78 is 39.0. The van der Waals surface area contributed by atoms with E-state index in [0.29, 0.717) is 13.1 Å². The number of nitrogens with zero attached hydrogens (tertiary/aromatic N) is 4. The van der Waals surface area contributed by atoms with E-state index in [2.05, 4.69) is 10.1 Å². The molecule has 29 heavy (non-hydrogen) atoms. The Hall–Kier alpha value is -2.81. The van der Waals surface area contributed by atoms with E-state index in [1.54, 1.807) is 6.92 Å². The lowest BCUT2D eigenvalue weighted by Crippen LogP contribution is -2.35. The Kier molecular flexibility index (Phi) is 5.57. The van der Waals surface area contributed by atoms with E-state index in [0.717, 1.165) is 36.0 Å². The van der Waals surface area contributed by atoms with Crippen molar-refractivity contribution in [1.82, 2.24) is 19.7 Å². The highest BCUT2D eigenvalue weighted by atomic mass is 19.3. The smallest absolute Gasteiger partial charge is 0.341 e. The van der Waals surface area contributed by atoms with Crippen molar-refractivity contribution >= 4 is 17.1 Å². The normalized spacial score (nSPS) is 16.0. The van der Waals surface area contributed by atoms with Gasteiger partial charge in [-0.15, -0.1) is 0 Å². The lowest BCUT2D eigenvalue weighted by Gasteiger charge is -2.30. The molecule has 0 amide bonds. The number of hydrogen-bond donors (Lipinski definition) is 0. The maximum atomic E-state index is 13.6. The SMILES string of the molecule is CCOC(=O)c1cnn(CN2CCC(c3nc4ccccc4o3)CC2)c1C(F)F. The van der Waals surface area contributed by atoms with Gasteiger partial charge in [-0.05, 0) is 31.9 Å². The summed E-state index contributed by atoms with van der Waals surface area (Å²) in [7, 11) is 0. The molecule has 0 spiro atoms. The summed E-state index contributed by atoms with van der Waals surface area (Å²) >= 11 is 0. The van der Waals surface area contributed by atoms with Crippen LogP contribution in [0.4, 0.5) is 8.78 Å². The third-order valence-electron chi connectivity index (χ3n) is 5.16. The Balaban J connectivity index is 1.42. The number of alkyl halides is 2. The first-order chi connectivity index (χ1) is 14.1. The van der Waals surface area contributed by atoms with E-state index in [9.17, 15) is 13.6 Å². The second kappa shape index (κ2) is 8.28. The molecule has 0 atom stereocenters.